The van der Waals surface area contributed by atoms with Crippen molar-refractivity contribution in [2.24, 2.45) is 0 Å². The van der Waals surface area contributed by atoms with Gasteiger partial charge in [0.25, 0.3) is 0 Å². The van der Waals surface area contributed by atoms with Crippen LogP contribution in [0.15, 0.2) is 23.8 Å². The molecular weight excluding hydrogens is 172 g/mol. The summed E-state index contributed by atoms with van der Waals surface area (Å²) < 4.78 is 5.57. The normalized spacial score (nSPS) is 26.0. The summed E-state index contributed by atoms with van der Waals surface area (Å²) in [5.74, 6) is 0.568. The van der Waals surface area contributed by atoms with Gasteiger partial charge >= 0.3 is 0 Å². The Morgan fingerprint density at radius 3 is 3.17 bits per heavy atom. The Morgan fingerprint density at radius 1 is 1.83 bits per heavy atom. The van der Waals surface area contributed by atoms with Crippen LogP contribution in [0.5, 0.6) is 0 Å². The summed E-state index contributed by atoms with van der Waals surface area (Å²) in [6, 6.07) is 0. The summed E-state index contributed by atoms with van der Waals surface area (Å²) in [7, 11) is 0. The quantitative estimate of drug-likeness (QED) is 0.476. The van der Waals surface area contributed by atoms with Crippen LogP contribution in [0.4, 0.5) is 0 Å². The van der Waals surface area contributed by atoms with Crippen molar-refractivity contribution >= 4 is 11.6 Å². The van der Waals surface area contributed by atoms with Gasteiger partial charge in [0.15, 0.2) is 0 Å². The van der Waals surface area contributed by atoms with Crippen molar-refractivity contribution in [3.05, 3.63) is 23.8 Å². The summed E-state index contributed by atoms with van der Waals surface area (Å²) in [6.45, 7) is 6.83. The van der Waals surface area contributed by atoms with Crippen LogP contribution in [-0.2, 0) is 4.74 Å². The molecule has 0 radical (unpaired) electrons. The predicted octanol–water partition coefficient (Wildman–Crippen LogP) is 2.91. The molecule has 0 saturated carbocycles. The molecule has 2 heteroatoms. The Hall–Kier alpha value is -0.270. The molecule has 0 aromatic rings. The van der Waals surface area contributed by atoms with Gasteiger partial charge in [0.05, 0.1) is 12.7 Å². The summed E-state index contributed by atoms with van der Waals surface area (Å²) in [6.07, 6.45) is 4.19. The second-order valence-electron chi connectivity index (χ2n) is 3.17. The molecule has 0 spiro atoms. The molecule has 1 fully saturated rings. The zero-order chi connectivity index (χ0) is 8.97. The molecule has 1 nitrogen and oxygen atoms in total. The molecule has 0 amide bonds. The highest BCUT2D eigenvalue weighted by atomic mass is 35.5. The van der Waals surface area contributed by atoms with Crippen molar-refractivity contribution in [3.63, 3.8) is 0 Å². The van der Waals surface area contributed by atoms with Gasteiger partial charge in [-0.1, -0.05) is 18.2 Å². The van der Waals surface area contributed by atoms with E-state index < -0.39 is 0 Å². The lowest BCUT2D eigenvalue weighted by molar-refractivity contribution is 0.0600. The number of halogens is 1. The van der Waals surface area contributed by atoms with E-state index in [0.717, 1.165) is 19.4 Å². The fourth-order valence-electron chi connectivity index (χ4n) is 1.31. The highest BCUT2D eigenvalue weighted by molar-refractivity contribution is 6.18. The van der Waals surface area contributed by atoms with Gasteiger partial charge in [-0.2, -0.15) is 0 Å². The number of alkyl halides is 1. The maximum Gasteiger partial charge on any atom is 0.0819 e. The zero-order valence-corrected chi connectivity index (χ0v) is 8.23. The maximum atomic E-state index is 5.60. The number of rotatable bonds is 2. The SMILES string of the molecule is C=C1CCOC(C(C)=CCCl)C1. The van der Waals surface area contributed by atoms with Crippen molar-refractivity contribution < 1.29 is 4.74 Å². The van der Waals surface area contributed by atoms with Gasteiger partial charge in [0.1, 0.15) is 0 Å². The predicted molar refractivity (Wildman–Crippen MR) is 52.6 cm³/mol. The third-order valence-electron chi connectivity index (χ3n) is 2.16. The number of allylic oxidation sites excluding steroid dienone is 1. The highest BCUT2D eigenvalue weighted by Crippen LogP contribution is 2.22. The van der Waals surface area contributed by atoms with Gasteiger partial charge in [0.2, 0.25) is 0 Å². The third-order valence-corrected chi connectivity index (χ3v) is 2.31. The van der Waals surface area contributed by atoms with E-state index in [1.165, 1.54) is 11.1 Å². The molecule has 0 aromatic carbocycles. The van der Waals surface area contributed by atoms with Gasteiger partial charge in [-0.25, -0.2) is 0 Å². The second-order valence-corrected chi connectivity index (χ2v) is 3.47. The van der Waals surface area contributed by atoms with Gasteiger partial charge in [0, 0.05) is 5.88 Å². The smallest absolute Gasteiger partial charge is 0.0819 e. The minimum Gasteiger partial charge on any atom is -0.373 e. The average Bonchev–Trinajstić information content (AvgIpc) is 2.05. The lowest BCUT2D eigenvalue weighted by Gasteiger charge is -2.25. The van der Waals surface area contributed by atoms with Crippen molar-refractivity contribution in [1.82, 2.24) is 0 Å². The molecule has 0 aliphatic carbocycles. The van der Waals surface area contributed by atoms with Crippen molar-refractivity contribution in [1.29, 1.82) is 0 Å². The van der Waals surface area contributed by atoms with Crippen LogP contribution < -0.4 is 0 Å². The van der Waals surface area contributed by atoms with Crippen molar-refractivity contribution in [3.8, 4) is 0 Å². The largest absolute Gasteiger partial charge is 0.373 e. The molecule has 1 unspecified atom stereocenters. The zero-order valence-electron chi connectivity index (χ0n) is 7.48. The highest BCUT2D eigenvalue weighted by Gasteiger charge is 2.17. The number of hydrogen-bond acceptors (Lipinski definition) is 1. The van der Waals surface area contributed by atoms with Crippen LogP contribution in [0.2, 0.25) is 0 Å². The van der Waals surface area contributed by atoms with Gasteiger partial charge < -0.3 is 4.74 Å². The van der Waals surface area contributed by atoms with E-state index in [1.54, 1.807) is 0 Å². The second kappa shape index (κ2) is 4.68. The monoisotopic (exact) mass is 186 g/mol. The molecule has 1 atom stereocenters. The van der Waals surface area contributed by atoms with E-state index in [9.17, 15) is 0 Å². The van der Waals surface area contributed by atoms with Crippen LogP contribution in [0.3, 0.4) is 0 Å². The Bertz CT molecular complexity index is 196. The molecule has 0 aromatic heterocycles. The Kier molecular flexibility index (Phi) is 3.83. The summed E-state index contributed by atoms with van der Waals surface area (Å²) in [5.41, 5.74) is 2.51. The molecule has 1 rings (SSSR count). The van der Waals surface area contributed by atoms with E-state index in [4.69, 9.17) is 16.3 Å². The van der Waals surface area contributed by atoms with E-state index in [1.807, 2.05) is 6.08 Å². The Balaban J connectivity index is 2.51. The van der Waals surface area contributed by atoms with Crippen LogP contribution in [0.25, 0.3) is 0 Å². The molecule has 1 saturated heterocycles. The fraction of sp³-hybridized carbons (Fsp3) is 0.600. The van der Waals surface area contributed by atoms with E-state index in [2.05, 4.69) is 13.5 Å². The molecule has 0 N–H and O–H groups in total. The van der Waals surface area contributed by atoms with Crippen LogP contribution in [0.1, 0.15) is 19.8 Å². The first-order valence-electron chi connectivity index (χ1n) is 4.25. The van der Waals surface area contributed by atoms with Crippen LogP contribution in [0, 0.1) is 0 Å². The maximum absolute atomic E-state index is 5.60. The number of ether oxygens (including phenoxy) is 1. The van der Waals surface area contributed by atoms with E-state index in [-0.39, 0.29) is 6.10 Å². The molecule has 1 aliphatic rings. The fourth-order valence-corrected chi connectivity index (χ4v) is 1.56. The van der Waals surface area contributed by atoms with Gasteiger partial charge in [-0.15, -0.1) is 11.6 Å². The summed E-state index contributed by atoms with van der Waals surface area (Å²) >= 11 is 5.60. The first kappa shape index (κ1) is 9.82. The van der Waals surface area contributed by atoms with Gasteiger partial charge in [-0.05, 0) is 25.3 Å². The first-order valence-corrected chi connectivity index (χ1v) is 4.78. The Labute approximate surface area is 79.1 Å². The molecule has 12 heavy (non-hydrogen) atoms. The lowest BCUT2D eigenvalue weighted by Crippen LogP contribution is -2.21. The van der Waals surface area contributed by atoms with E-state index >= 15 is 0 Å². The third kappa shape index (κ3) is 2.65. The molecule has 1 heterocycles. The minimum absolute atomic E-state index is 0.227. The molecule has 0 bridgehead atoms. The van der Waals surface area contributed by atoms with Crippen molar-refractivity contribution in [2.45, 2.75) is 25.9 Å². The lowest BCUT2D eigenvalue weighted by atomic mass is 9.99. The summed E-state index contributed by atoms with van der Waals surface area (Å²) in [4.78, 5) is 0. The van der Waals surface area contributed by atoms with E-state index in [0.29, 0.717) is 5.88 Å². The minimum atomic E-state index is 0.227. The molecule has 68 valence electrons. The summed E-state index contributed by atoms with van der Waals surface area (Å²) in [5, 5.41) is 0. The standard InChI is InChI=1S/C10H15ClO/c1-8-4-6-12-10(7-8)9(2)3-5-11/h3,10H,1,4-7H2,2H3. The number of hydrogen-bond donors (Lipinski definition) is 0. The van der Waals surface area contributed by atoms with Crippen LogP contribution in [-0.4, -0.2) is 18.6 Å². The van der Waals surface area contributed by atoms with Crippen molar-refractivity contribution in [2.75, 3.05) is 12.5 Å². The van der Waals surface area contributed by atoms with Gasteiger partial charge in [-0.3, -0.25) is 0 Å². The Morgan fingerprint density at radius 2 is 2.58 bits per heavy atom. The first-order chi connectivity index (χ1) is 5.74. The topological polar surface area (TPSA) is 9.23 Å². The molecule has 1 aliphatic heterocycles. The average molecular weight is 187 g/mol. The van der Waals surface area contributed by atoms with Crippen LogP contribution >= 0.6 is 11.6 Å². The molecular formula is C10H15ClO.